The van der Waals surface area contributed by atoms with E-state index in [1.54, 1.807) is 36.0 Å². The van der Waals surface area contributed by atoms with Crippen LogP contribution in [0, 0.1) is 0 Å². The Kier molecular flexibility index (Phi) is 6.28. The van der Waals surface area contributed by atoms with E-state index in [1.807, 2.05) is 30.3 Å². The van der Waals surface area contributed by atoms with Crippen LogP contribution in [0.4, 0.5) is 5.69 Å². The van der Waals surface area contributed by atoms with Crippen molar-refractivity contribution >= 4 is 33.4 Å². The average Bonchev–Trinajstić information content (AvgIpc) is 2.85. The Morgan fingerprint density at radius 3 is 2.63 bits per heavy atom. The quantitative estimate of drug-likeness (QED) is 0.589. The van der Waals surface area contributed by atoms with Crippen molar-refractivity contribution in [3.8, 4) is 5.75 Å². The van der Waals surface area contributed by atoms with Gasteiger partial charge in [-0.25, -0.2) is 8.42 Å². The number of nitrogens with one attached hydrogen (secondary N) is 1. The highest BCUT2D eigenvalue weighted by Gasteiger charge is 2.30. The van der Waals surface area contributed by atoms with Gasteiger partial charge in [-0.05, 0) is 24.3 Å². The van der Waals surface area contributed by atoms with Crippen LogP contribution >= 0.6 is 11.8 Å². The molecule has 0 aliphatic carbocycles. The fourth-order valence-electron chi connectivity index (χ4n) is 2.83. The molecule has 1 atom stereocenters. The molecular formula is C19H22N2O4S2. The zero-order valence-corrected chi connectivity index (χ0v) is 16.6. The first kappa shape index (κ1) is 19.6. The number of amides is 1. The summed E-state index contributed by atoms with van der Waals surface area (Å²) in [6.07, 6.45) is 0.726. The Bertz CT molecular complexity index is 888. The molecule has 0 saturated carbocycles. The number of sulfonamides is 1. The summed E-state index contributed by atoms with van der Waals surface area (Å²) in [6, 6.07) is 16.9. The number of hydrogen-bond acceptors (Lipinski definition) is 5. The number of benzene rings is 2. The van der Waals surface area contributed by atoms with E-state index in [0.29, 0.717) is 24.4 Å². The number of anilines is 1. The number of carbonyl (C=O) groups is 1. The first-order valence-electron chi connectivity index (χ1n) is 8.64. The summed E-state index contributed by atoms with van der Waals surface area (Å²) < 4.78 is 31.3. The molecule has 0 radical (unpaired) electrons. The number of para-hydroxylation sites is 2. The molecule has 27 heavy (non-hydrogen) atoms. The maximum Gasteiger partial charge on any atom is 0.261 e. The Labute approximate surface area is 164 Å². The molecule has 1 heterocycles. The number of ether oxygens (including phenoxy) is 1. The predicted octanol–water partition coefficient (Wildman–Crippen LogP) is 2.51. The molecule has 0 saturated heterocycles. The van der Waals surface area contributed by atoms with Crippen molar-refractivity contribution in [3.05, 3.63) is 54.6 Å². The SMILES string of the molecule is CS(=O)(=O)N1CCC(C(=O)NCCSc2ccccc2)Oc2ccccc21. The lowest BCUT2D eigenvalue weighted by Gasteiger charge is -2.20. The van der Waals surface area contributed by atoms with Gasteiger partial charge >= 0.3 is 0 Å². The molecule has 1 amide bonds. The zero-order valence-electron chi connectivity index (χ0n) is 15.0. The van der Waals surface area contributed by atoms with Crippen molar-refractivity contribution in [3.63, 3.8) is 0 Å². The second-order valence-corrected chi connectivity index (χ2v) is 9.23. The molecule has 0 aromatic heterocycles. The second kappa shape index (κ2) is 8.67. The molecule has 2 aromatic rings. The van der Waals surface area contributed by atoms with Crippen LogP contribution in [-0.4, -0.2) is 45.5 Å². The van der Waals surface area contributed by atoms with Gasteiger partial charge in [-0.1, -0.05) is 30.3 Å². The average molecular weight is 407 g/mol. The topological polar surface area (TPSA) is 75.7 Å². The summed E-state index contributed by atoms with van der Waals surface area (Å²) in [6.45, 7) is 0.711. The first-order valence-corrected chi connectivity index (χ1v) is 11.5. The summed E-state index contributed by atoms with van der Waals surface area (Å²) >= 11 is 1.66. The van der Waals surface area contributed by atoms with Crippen LogP contribution in [0.2, 0.25) is 0 Å². The predicted molar refractivity (Wildman–Crippen MR) is 108 cm³/mol. The number of carbonyl (C=O) groups excluding carboxylic acids is 1. The van der Waals surface area contributed by atoms with Gasteiger partial charge in [0, 0.05) is 30.2 Å². The van der Waals surface area contributed by atoms with Crippen LogP contribution in [0.3, 0.4) is 0 Å². The summed E-state index contributed by atoms with van der Waals surface area (Å²) in [4.78, 5) is 13.7. The summed E-state index contributed by atoms with van der Waals surface area (Å²) in [5, 5.41) is 2.88. The fourth-order valence-corrected chi connectivity index (χ4v) is 4.57. The zero-order chi connectivity index (χ0) is 19.3. The standard InChI is InChI=1S/C19H22N2O4S2/c1-27(23,24)21-13-11-18(25-17-10-6-5-9-16(17)21)19(22)20-12-14-26-15-7-3-2-4-8-15/h2-10,18H,11-14H2,1H3,(H,20,22). The molecule has 1 unspecified atom stereocenters. The minimum absolute atomic E-state index is 0.201. The molecule has 1 aliphatic heterocycles. The van der Waals surface area contributed by atoms with Gasteiger partial charge in [-0.3, -0.25) is 9.10 Å². The third-order valence-corrected chi connectivity index (χ3v) is 6.30. The number of fused-ring (bicyclic) bond motifs is 1. The van der Waals surface area contributed by atoms with Crippen molar-refractivity contribution in [1.29, 1.82) is 0 Å². The molecule has 0 bridgehead atoms. The monoisotopic (exact) mass is 406 g/mol. The lowest BCUT2D eigenvalue weighted by atomic mass is 10.2. The minimum Gasteiger partial charge on any atom is -0.478 e. The van der Waals surface area contributed by atoms with Crippen LogP contribution in [0.25, 0.3) is 0 Å². The molecule has 1 N–H and O–H groups in total. The lowest BCUT2D eigenvalue weighted by molar-refractivity contribution is -0.127. The Morgan fingerprint density at radius 1 is 1.19 bits per heavy atom. The highest BCUT2D eigenvalue weighted by Crippen LogP contribution is 2.33. The van der Waals surface area contributed by atoms with Crippen LogP contribution in [0.15, 0.2) is 59.5 Å². The highest BCUT2D eigenvalue weighted by atomic mass is 32.2. The summed E-state index contributed by atoms with van der Waals surface area (Å²) in [7, 11) is -3.44. The molecule has 6 nitrogen and oxygen atoms in total. The van der Waals surface area contributed by atoms with E-state index >= 15 is 0 Å². The van der Waals surface area contributed by atoms with Crippen molar-refractivity contribution in [2.45, 2.75) is 17.4 Å². The van der Waals surface area contributed by atoms with E-state index in [4.69, 9.17) is 4.74 Å². The number of hydrogen-bond donors (Lipinski definition) is 1. The van der Waals surface area contributed by atoms with Gasteiger partial charge in [0.25, 0.3) is 5.91 Å². The smallest absolute Gasteiger partial charge is 0.261 e. The normalized spacial score (nSPS) is 16.8. The third kappa shape index (κ3) is 5.17. The maximum atomic E-state index is 12.5. The van der Waals surface area contributed by atoms with Gasteiger partial charge in [-0.2, -0.15) is 0 Å². The van der Waals surface area contributed by atoms with Crippen LogP contribution in [0.5, 0.6) is 5.75 Å². The van der Waals surface area contributed by atoms with E-state index in [0.717, 1.165) is 16.9 Å². The van der Waals surface area contributed by atoms with E-state index in [2.05, 4.69) is 5.32 Å². The van der Waals surface area contributed by atoms with Crippen molar-refractivity contribution in [1.82, 2.24) is 5.32 Å². The van der Waals surface area contributed by atoms with Crippen molar-refractivity contribution in [2.75, 3.05) is 29.4 Å². The Morgan fingerprint density at radius 2 is 1.89 bits per heavy atom. The molecule has 8 heteroatoms. The van der Waals surface area contributed by atoms with Crippen molar-refractivity contribution < 1.29 is 17.9 Å². The highest BCUT2D eigenvalue weighted by molar-refractivity contribution is 7.99. The molecule has 144 valence electrons. The van der Waals surface area contributed by atoms with E-state index < -0.39 is 16.1 Å². The van der Waals surface area contributed by atoms with Crippen molar-refractivity contribution in [2.24, 2.45) is 0 Å². The summed E-state index contributed by atoms with van der Waals surface area (Å²) in [5.41, 5.74) is 0.468. The van der Waals surface area contributed by atoms with Crippen LogP contribution in [0.1, 0.15) is 6.42 Å². The van der Waals surface area contributed by atoms with E-state index in [1.165, 1.54) is 4.31 Å². The Hall–Kier alpha value is -2.19. The van der Waals surface area contributed by atoms with Gasteiger partial charge in [0.05, 0.1) is 11.9 Å². The van der Waals surface area contributed by atoms with E-state index in [9.17, 15) is 13.2 Å². The molecule has 0 spiro atoms. The molecule has 3 rings (SSSR count). The first-order chi connectivity index (χ1) is 12.9. The number of thioether (sulfide) groups is 1. The second-order valence-electron chi connectivity index (χ2n) is 6.15. The van der Waals surface area contributed by atoms with Gasteiger partial charge in [0.1, 0.15) is 5.75 Å². The van der Waals surface area contributed by atoms with Gasteiger partial charge < -0.3 is 10.1 Å². The maximum absolute atomic E-state index is 12.5. The van der Waals surface area contributed by atoms with Gasteiger partial charge in [-0.15, -0.1) is 11.8 Å². The van der Waals surface area contributed by atoms with E-state index in [-0.39, 0.29) is 12.5 Å². The molecular weight excluding hydrogens is 384 g/mol. The van der Waals surface area contributed by atoms with Crippen LogP contribution < -0.4 is 14.4 Å². The van der Waals surface area contributed by atoms with Crippen LogP contribution in [-0.2, 0) is 14.8 Å². The molecule has 1 aliphatic rings. The number of rotatable bonds is 6. The largest absolute Gasteiger partial charge is 0.478 e. The van der Waals surface area contributed by atoms with Gasteiger partial charge in [0.2, 0.25) is 10.0 Å². The minimum atomic E-state index is -3.44. The molecule has 0 fully saturated rings. The lowest BCUT2D eigenvalue weighted by Crippen LogP contribution is -2.40. The third-order valence-electron chi connectivity index (χ3n) is 4.10. The summed E-state index contributed by atoms with van der Waals surface area (Å²) in [5.74, 6) is 0.919. The van der Waals surface area contributed by atoms with Gasteiger partial charge in [0.15, 0.2) is 6.10 Å². The Balaban J connectivity index is 1.60. The number of nitrogens with zero attached hydrogens (tertiary/aromatic N) is 1. The molecule has 2 aromatic carbocycles. The fraction of sp³-hybridized carbons (Fsp3) is 0.316.